The SMILES string of the molecule is COC1CCC([C@H](C)ON)CC1. The van der Waals surface area contributed by atoms with Crippen molar-refractivity contribution in [3.63, 3.8) is 0 Å². The van der Waals surface area contributed by atoms with E-state index in [-0.39, 0.29) is 6.10 Å². The van der Waals surface area contributed by atoms with Crippen LogP contribution in [0.4, 0.5) is 0 Å². The van der Waals surface area contributed by atoms with Gasteiger partial charge in [-0.15, -0.1) is 0 Å². The van der Waals surface area contributed by atoms with Gasteiger partial charge in [0.15, 0.2) is 0 Å². The first-order valence-electron chi connectivity index (χ1n) is 4.66. The van der Waals surface area contributed by atoms with E-state index in [2.05, 4.69) is 0 Å². The molecule has 1 aliphatic rings. The van der Waals surface area contributed by atoms with E-state index in [0.717, 1.165) is 12.8 Å². The Labute approximate surface area is 74.2 Å². The Kier molecular flexibility index (Phi) is 3.98. The molecule has 0 aromatic rings. The largest absolute Gasteiger partial charge is 0.381 e. The van der Waals surface area contributed by atoms with Gasteiger partial charge >= 0.3 is 0 Å². The van der Waals surface area contributed by atoms with Crippen LogP contribution in [0, 0.1) is 5.92 Å². The molecule has 3 nitrogen and oxygen atoms in total. The van der Waals surface area contributed by atoms with Gasteiger partial charge in [-0.25, -0.2) is 5.90 Å². The molecule has 72 valence electrons. The maximum atomic E-state index is 5.28. The minimum Gasteiger partial charge on any atom is -0.381 e. The maximum Gasteiger partial charge on any atom is 0.0787 e. The number of methoxy groups -OCH3 is 1. The fraction of sp³-hybridized carbons (Fsp3) is 1.00. The van der Waals surface area contributed by atoms with Crippen LogP contribution in [0.25, 0.3) is 0 Å². The van der Waals surface area contributed by atoms with Crippen LogP contribution in [0.3, 0.4) is 0 Å². The van der Waals surface area contributed by atoms with Gasteiger partial charge in [0.05, 0.1) is 12.2 Å². The summed E-state index contributed by atoms with van der Waals surface area (Å²) in [7, 11) is 1.79. The molecule has 1 fully saturated rings. The molecule has 0 saturated heterocycles. The van der Waals surface area contributed by atoms with E-state index in [1.165, 1.54) is 12.8 Å². The molecular weight excluding hydrogens is 154 g/mol. The summed E-state index contributed by atoms with van der Waals surface area (Å²) in [6.07, 6.45) is 5.31. The molecule has 0 aromatic carbocycles. The van der Waals surface area contributed by atoms with Gasteiger partial charge in [-0.3, -0.25) is 0 Å². The lowest BCUT2D eigenvalue weighted by atomic mass is 9.84. The van der Waals surface area contributed by atoms with E-state index in [0.29, 0.717) is 12.0 Å². The van der Waals surface area contributed by atoms with Crippen molar-refractivity contribution < 1.29 is 9.57 Å². The van der Waals surface area contributed by atoms with Gasteiger partial charge in [0.2, 0.25) is 0 Å². The summed E-state index contributed by atoms with van der Waals surface area (Å²) in [6.45, 7) is 2.04. The van der Waals surface area contributed by atoms with Crippen LogP contribution < -0.4 is 5.90 Å². The lowest BCUT2D eigenvalue weighted by molar-refractivity contribution is -0.0144. The van der Waals surface area contributed by atoms with E-state index in [9.17, 15) is 0 Å². The van der Waals surface area contributed by atoms with Crippen LogP contribution in [0.1, 0.15) is 32.6 Å². The molecule has 0 unspecified atom stereocenters. The zero-order valence-corrected chi connectivity index (χ0v) is 7.95. The van der Waals surface area contributed by atoms with Crippen LogP contribution in [0.5, 0.6) is 0 Å². The van der Waals surface area contributed by atoms with Crippen molar-refractivity contribution in [2.75, 3.05) is 7.11 Å². The molecule has 0 spiro atoms. The van der Waals surface area contributed by atoms with Crippen molar-refractivity contribution in [2.24, 2.45) is 11.8 Å². The topological polar surface area (TPSA) is 44.5 Å². The fourth-order valence-corrected chi connectivity index (χ4v) is 1.90. The van der Waals surface area contributed by atoms with Crippen molar-refractivity contribution in [1.82, 2.24) is 0 Å². The molecule has 1 aliphatic carbocycles. The molecule has 12 heavy (non-hydrogen) atoms. The van der Waals surface area contributed by atoms with Crippen LogP contribution >= 0.6 is 0 Å². The molecule has 0 radical (unpaired) electrons. The second-order valence-corrected chi connectivity index (χ2v) is 3.61. The predicted octanol–water partition coefficient (Wildman–Crippen LogP) is 1.47. The Bertz CT molecular complexity index is 122. The highest BCUT2D eigenvalue weighted by molar-refractivity contribution is 4.75. The quantitative estimate of drug-likeness (QED) is 0.657. The van der Waals surface area contributed by atoms with Crippen LogP contribution in [-0.4, -0.2) is 19.3 Å². The van der Waals surface area contributed by atoms with E-state index in [4.69, 9.17) is 15.5 Å². The van der Waals surface area contributed by atoms with Crippen molar-refractivity contribution in [2.45, 2.75) is 44.8 Å². The third kappa shape index (κ3) is 2.44. The monoisotopic (exact) mass is 173 g/mol. The van der Waals surface area contributed by atoms with Crippen LogP contribution in [-0.2, 0) is 9.57 Å². The molecule has 0 aliphatic heterocycles. The Balaban J connectivity index is 2.25. The average Bonchev–Trinajstić information content (AvgIpc) is 2.17. The predicted molar refractivity (Wildman–Crippen MR) is 47.5 cm³/mol. The van der Waals surface area contributed by atoms with E-state index < -0.39 is 0 Å². The molecule has 0 heterocycles. The Morgan fingerprint density at radius 1 is 1.25 bits per heavy atom. The molecule has 0 bridgehead atoms. The molecule has 1 saturated carbocycles. The summed E-state index contributed by atoms with van der Waals surface area (Å²) >= 11 is 0. The molecule has 1 atom stereocenters. The second kappa shape index (κ2) is 4.80. The maximum absolute atomic E-state index is 5.28. The summed E-state index contributed by atoms with van der Waals surface area (Å²) in [5.74, 6) is 5.77. The average molecular weight is 173 g/mol. The van der Waals surface area contributed by atoms with Crippen LogP contribution in [0.2, 0.25) is 0 Å². The van der Waals surface area contributed by atoms with Gasteiger partial charge in [0, 0.05) is 7.11 Å². The second-order valence-electron chi connectivity index (χ2n) is 3.61. The van der Waals surface area contributed by atoms with E-state index in [1.807, 2.05) is 6.92 Å². The van der Waals surface area contributed by atoms with E-state index in [1.54, 1.807) is 7.11 Å². The number of ether oxygens (including phenoxy) is 1. The summed E-state index contributed by atoms with van der Waals surface area (Å²) in [5, 5.41) is 0. The van der Waals surface area contributed by atoms with Crippen molar-refractivity contribution >= 4 is 0 Å². The van der Waals surface area contributed by atoms with Crippen LogP contribution in [0.15, 0.2) is 0 Å². The Hall–Kier alpha value is -0.120. The van der Waals surface area contributed by atoms with Gasteiger partial charge in [-0.05, 0) is 38.5 Å². The van der Waals surface area contributed by atoms with Gasteiger partial charge in [-0.1, -0.05) is 0 Å². The number of hydrogen-bond donors (Lipinski definition) is 1. The lowest BCUT2D eigenvalue weighted by Crippen LogP contribution is -2.30. The molecule has 1 rings (SSSR count). The molecule has 0 amide bonds. The number of hydrogen-bond acceptors (Lipinski definition) is 3. The summed E-state index contributed by atoms with van der Waals surface area (Å²) in [6, 6.07) is 0. The van der Waals surface area contributed by atoms with Crippen molar-refractivity contribution in [3.8, 4) is 0 Å². The summed E-state index contributed by atoms with van der Waals surface area (Å²) in [4.78, 5) is 4.82. The first-order valence-corrected chi connectivity index (χ1v) is 4.66. The molecule has 3 heteroatoms. The highest BCUT2D eigenvalue weighted by atomic mass is 16.6. The first kappa shape index (κ1) is 9.96. The van der Waals surface area contributed by atoms with Gasteiger partial charge in [-0.2, -0.15) is 0 Å². The summed E-state index contributed by atoms with van der Waals surface area (Å²) < 4.78 is 5.28. The Morgan fingerprint density at radius 3 is 2.25 bits per heavy atom. The van der Waals surface area contributed by atoms with Crippen molar-refractivity contribution in [3.05, 3.63) is 0 Å². The molecule has 2 N–H and O–H groups in total. The minimum absolute atomic E-state index is 0.197. The highest BCUT2D eigenvalue weighted by Gasteiger charge is 2.25. The van der Waals surface area contributed by atoms with E-state index >= 15 is 0 Å². The number of nitrogens with two attached hydrogens (primary N) is 1. The third-order valence-corrected chi connectivity index (χ3v) is 2.93. The van der Waals surface area contributed by atoms with Gasteiger partial charge in [0.25, 0.3) is 0 Å². The zero-order valence-electron chi connectivity index (χ0n) is 7.95. The summed E-state index contributed by atoms with van der Waals surface area (Å²) in [5.41, 5.74) is 0. The molecular formula is C9H19NO2. The number of rotatable bonds is 3. The Morgan fingerprint density at radius 2 is 1.83 bits per heavy atom. The minimum atomic E-state index is 0.197. The van der Waals surface area contributed by atoms with Crippen molar-refractivity contribution in [1.29, 1.82) is 0 Å². The highest BCUT2D eigenvalue weighted by Crippen LogP contribution is 2.28. The first-order chi connectivity index (χ1) is 5.77. The lowest BCUT2D eigenvalue weighted by Gasteiger charge is -2.30. The van der Waals surface area contributed by atoms with Gasteiger partial charge < -0.3 is 9.57 Å². The smallest absolute Gasteiger partial charge is 0.0787 e. The molecule has 0 aromatic heterocycles. The normalized spacial score (nSPS) is 33.2. The zero-order chi connectivity index (χ0) is 8.97. The fourth-order valence-electron chi connectivity index (χ4n) is 1.90. The third-order valence-electron chi connectivity index (χ3n) is 2.93. The van der Waals surface area contributed by atoms with Gasteiger partial charge in [0.1, 0.15) is 0 Å². The standard InChI is InChI=1S/C9H19NO2/c1-7(12-10)8-3-5-9(11-2)6-4-8/h7-9H,3-6,10H2,1-2H3/t7-,8?,9?/m0/s1.